The third-order valence-corrected chi connectivity index (χ3v) is 5.21. The van der Waals surface area contributed by atoms with E-state index in [1.165, 1.54) is 6.26 Å². The van der Waals surface area contributed by atoms with Gasteiger partial charge in [-0.15, -0.1) is 0 Å². The first-order valence-electron chi connectivity index (χ1n) is 9.43. The molecule has 3 N–H and O–H groups in total. The number of carboxylic acids is 1. The molecule has 0 radical (unpaired) electrons. The molecule has 0 unspecified atom stereocenters. The summed E-state index contributed by atoms with van der Waals surface area (Å²) in [5, 5.41) is 15.2. The van der Waals surface area contributed by atoms with E-state index in [1.807, 2.05) is 6.92 Å². The Morgan fingerprint density at radius 2 is 1.75 bits per heavy atom. The zero-order chi connectivity index (χ0) is 20.1. The number of hydrogen-bond donors (Lipinski definition) is 3. The zero-order valence-corrected chi connectivity index (χ0v) is 15.8. The largest absolute Gasteiger partial charge is 0.480 e. The molecule has 1 aromatic carbocycles. The first kappa shape index (κ1) is 19.7. The molecule has 7 nitrogen and oxygen atoms in total. The van der Waals surface area contributed by atoms with E-state index in [1.54, 1.807) is 30.3 Å². The molecule has 2 aromatic rings. The van der Waals surface area contributed by atoms with Gasteiger partial charge < -0.3 is 20.2 Å². The molecular formula is C21H24N2O5. The number of hydrogen-bond acceptors (Lipinski definition) is 4. The number of carbonyl (C=O) groups is 3. The lowest BCUT2D eigenvalue weighted by molar-refractivity contribution is -0.145. The van der Waals surface area contributed by atoms with E-state index in [9.17, 15) is 19.5 Å². The summed E-state index contributed by atoms with van der Waals surface area (Å²) in [6.45, 7) is 1.81. The number of amides is 2. The van der Waals surface area contributed by atoms with Gasteiger partial charge in [0.1, 0.15) is 5.54 Å². The number of anilines is 1. The van der Waals surface area contributed by atoms with Crippen LogP contribution in [0, 0.1) is 6.92 Å². The average molecular weight is 384 g/mol. The lowest BCUT2D eigenvalue weighted by Crippen LogP contribution is -2.54. The summed E-state index contributed by atoms with van der Waals surface area (Å²) in [7, 11) is 0. The molecule has 0 saturated heterocycles. The Morgan fingerprint density at radius 1 is 1.04 bits per heavy atom. The van der Waals surface area contributed by atoms with Crippen molar-refractivity contribution in [2.75, 3.05) is 5.32 Å². The Bertz CT molecular complexity index is 865. The van der Waals surface area contributed by atoms with Gasteiger partial charge in [-0.3, -0.25) is 9.59 Å². The van der Waals surface area contributed by atoms with Crippen LogP contribution < -0.4 is 10.6 Å². The van der Waals surface area contributed by atoms with Crippen molar-refractivity contribution in [3.05, 3.63) is 53.5 Å². The number of carboxylic acid groups (broad SMARTS) is 1. The summed E-state index contributed by atoms with van der Waals surface area (Å²) in [6.07, 6.45) is 5.72. The van der Waals surface area contributed by atoms with Crippen molar-refractivity contribution in [2.24, 2.45) is 0 Å². The van der Waals surface area contributed by atoms with E-state index in [0.29, 0.717) is 24.1 Å². The molecule has 1 heterocycles. The van der Waals surface area contributed by atoms with Gasteiger partial charge in [-0.25, -0.2) is 4.79 Å². The molecule has 0 aliphatic heterocycles. The molecule has 148 valence electrons. The minimum absolute atomic E-state index is 0.164. The predicted molar refractivity (Wildman–Crippen MR) is 103 cm³/mol. The first-order chi connectivity index (χ1) is 13.4. The second kappa shape index (κ2) is 8.29. The molecule has 2 amide bonds. The van der Waals surface area contributed by atoms with E-state index in [-0.39, 0.29) is 5.76 Å². The molecule has 1 aliphatic carbocycles. The molecule has 7 heteroatoms. The molecule has 0 atom stereocenters. The molecule has 1 aliphatic rings. The van der Waals surface area contributed by atoms with Crippen LogP contribution in [0.5, 0.6) is 0 Å². The molecule has 0 spiro atoms. The zero-order valence-electron chi connectivity index (χ0n) is 15.8. The van der Waals surface area contributed by atoms with Gasteiger partial charge in [0.2, 0.25) is 0 Å². The summed E-state index contributed by atoms with van der Waals surface area (Å²) < 4.78 is 5.08. The third-order valence-electron chi connectivity index (χ3n) is 5.21. The van der Waals surface area contributed by atoms with Gasteiger partial charge in [-0.1, -0.05) is 31.7 Å². The van der Waals surface area contributed by atoms with Gasteiger partial charge in [0, 0.05) is 11.3 Å². The quantitative estimate of drug-likeness (QED) is 0.680. The van der Waals surface area contributed by atoms with Crippen molar-refractivity contribution in [3.63, 3.8) is 0 Å². The molecule has 1 aromatic heterocycles. The second-order valence-corrected chi connectivity index (χ2v) is 7.22. The number of nitrogens with one attached hydrogen (secondary N) is 2. The van der Waals surface area contributed by atoms with E-state index in [2.05, 4.69) is 10.6 Å². The molecule has 1 fully saturated rings. The van der Waals surface area contributed by atoms with E-state index < -0.39 is 23.3 Å². The van der Waals surface area contributed by atoms with Gasteiger partial charge in [0.05, 0.1) is 6.26 Å². The van der Waals surface area contributed by atoms with Crippen LogP contribution in [-0.2, 0) is 4.79 Å². The fourth-order valence-corrected chi connectivity index (χ4v) is 3.50. The van der Waals surface area contributed by atoms with E-state index >= 15 is 0 Å². The Morgan fingerprint density at radius 3 is 2.36 bits per heavy atom. The third kappa shape index (κ3) is 4.24. The van der Waals surface area contributed by atoms with Crippen LogP contribution in [0.2, 0.25) is 0 Å². The maximum absolute atomic E-state index is 12.8. The molecule has 1 saturated carbocycles. The van der Waals surface area contributed by atoms with Crippen molar-refractivity contribution in [1.29, 1.82) is 0 Å². The minimum atomic E-state index is -1.24. The maximum Gasteiger partial charge on any atom is 0.329 e. The monoisotopic (exact) mass is 384 g/mol. The van der Waals surface area contributed by atoms with Crippen LogP contribution in [0.15, 0.2) is 41.0 Å². The highest BCUT2D eigenvalue weighted by Gasteiger charge is 2.40. The summed E-state index contributed by atoms with van der Waals surface area (Å²) in [6, 6.07) is 8.05. The maximum atomic E-state index is 12.8. The highest BCUT2D eigenvalue weighted by atomic mass is 16.4. The fraction of sp³-hybridized carbons (Fsp3) is 0.381. The summed E-state index contributed by atoms with van der Waals surface area (Å²) in [4.78, 5) is 36.9. The second-order valence-electron chi connectivity index (χ2n) is 7.22. The SMILES string of the molecule is Cc1ccc(C(=O)NC2(C(=O)O)CCCCCC2)cc1NC(=O)c1ccco1. The Labute approximate surface area is 163 Å². The lowest BCUT2D eigenvalue weighted by atomic mass is 9.89. The molecule has 28 heavy (non-hydrogen) atoms. The normalized spacial score (nSPS) is 16.0. The van der Waals surface area contributed by atoms with Gasteiger partial charge in [0.25, 0.3) is 11.8 Å². The first-order valence-corrected chi connectivity index (χ1v) is 9.43. The number of rotatable bonds is 5. The highest BCUT2D eigenvalue weighted by Crippen LogP contribution is 2.28. The smallest absolute Gasteiger partial charge is 0.329 e. The lowest BCUT2D eigenvalue weighted by Gasteiger charge is -2.29. The number of aryl methyl sites for hydroxylation is 1. The van der Waals surface area contributed by atoms with Crippen molar-refractivity contribution >= 4 is 23.5 Å². The van der Waals surface area contributed by atoms with Crippen LogP contribution in [0.3, 0.4) is 0 Å². The number of benzene rings is 1. The molecule has 0 bridgehead atoms. The van der Waals surface area contributed by atoms with Gasteiger partial charge in [-0.05, 0) is 49.6 Å². The highest BCUT2D eigenvalue weighted by molar-refractivity contribution is 6.04. The summed E-state index contributed by atoms with van der Waals surface area (Å²) >= 11 is 0. The minimum Gasteiger partial charge on any atom is -0.480 e. The van der Waals surface area contributed by atoms with Crippen molar-refractivity contribution < 1.29 is 23.9 Å². The van der Waals surface area contributed by atoms with Gasteiger partial charge in [0.15, 0.2) is 5.76 Å². The summed E-state index contributed by atoms with van der Waals surface area (Å²) in [5.74, 6) is -1.71. The topological polar surface area (TPSA) is 109 Å². The standard InChI is InChI=1S/C21H24N2O5/c1-14-8-9-15(13-16(14)22-19(25)17-7-6-12-28-17)18(24)23-21(20(26)27)10-4-2-3-5-11-21/h6-9,12-13H,2-5,10-11H2,1H3,(H,22,25)(H,23,24)(H,26,27). The van der Waals surface area contributed by atoms with Crippen molar-refractivity contribution in [1.82, 2.24) is 5.32 Å². The van der Waals surface area contributed by atoms with Crippen molar-refractivity contribution in [2.45, 2.75) is 51.0 Å². The average Bonchev–Trinajstić information content (AvgIpc) is 3.10. The fourth-order valence-electron chi connectivity index (χ4n) is 3.50. The van der Waals surface area contributed by atoms with Gasteiger partial charge >= 0.3 is 5.97 Å². The van der Waals surface area contributed by atoms with Crippen LogP contribution in [-0.4, -0.2) is 28.4 Å². The number of aliphatic carboxylic acids is 1. The Kier molecular flexibility index (Phi) is 5.82. The number of carbonyl (C=O) groups excluding carboxylic acids is 2. The van der Waals surface area contributed by atoms with E-state index in [4.69, 9.17) is 4.42 Å². The van der Waals surface area contributed by atoms with Crippen LogP contribution in [0.4, 0.5) is 5.69 Å². The number of furan rings is 1. The van der Waals surface area contributed by atoms with Crippen LogP contribution in [0.1, 0.15) is 65.0 Å². The molecule has 3 rings (SSSR count). The van der Waals surface area contributed by atoms with Crippen molar-refractivity contribution in [3.8, 4) is 0 Å². The molecular weight excluding hydrogens is 360 g/mol. The Hall–Kier alpha value is -3.09. The van der Waals surface area contributed by atoms with E-state index in [0.717, 1.165) is 31.2 Å². The van der Waals surface area contributed by atoms with Crippen LogP contribution >= 0.6 is 0 Å². The summed E-state index contributed by atoms with van der Waals surface area (Å²) in [5.41, 5.74) is 0.305. The van der Waals surface area contributed by atoms with Gasteiger partial charge in [-0.2, -0.15) is 0 Å². The predicted octanol–water partition coefficient (Wildman–Crippen LogP) is 3.75. The Balaban J connectivity index is 1.79. The van der Waals surface area contributed by atoms with Crippen LogP contribution in [0.25, 0.3) is 0 Å².